The van der Waals surface area contributed by atoms with Crippen molar-refractivity contribution in [2.45, 2.75) is 19.6 Å². The van der Waals surface area contributed by atoms with Crippen molar-refractivity contribution < 1.29 is 4.74 Å². The van der Waals surface area contributed by atoms with E-state index < -0.39 is 0 Å². The number of nitrogens with one attached hydrogen (secondary N) is 2. The zero-order chi connectivity index (χ0) is 16.3. The van der Waals surface area contributed by atoms with E-state index in [1.807, 2.05) is 43.3 Å². The molecule has 0 spiro atoms. The van der Waals surface area contributed by atoms with Gasteiger partial charge in [0, 0.05) is 26.4 Å². The fourth-order valence-electron chi connectivity index (χ4n) is 2.19. The normalized spacial score (nSPS) is 12.2. The molecule has 0 radical (unpaired) electrons. The van der Waals surface area contributed by atoms with Crippen LogP contribution in [0.3, 0.4) is 0 Å². The van der Waals surface area contributed by atoms with Crippen molar-refractivity contribution in [3.63, 3.8) is 0 Å². The zero-order valence-electron chi connectivity index (χ0n) is 14.1. The first-order chi connectivity index (χ1) is 11.3. The molecule has 2 rings (SSSR count). The highest BCUT2D eigenvalue weighted by atomic mass is 127. The van der Waals surface area contributed by atoms with Crippen molar-refractivity contribution in [3.05, 3.63) is 66.0 Å². The summed E-state index contributed by atoms with van der Waals surface area (Å²) in [5, 5.41) is 6.57. The first-order valence-electron chi connectivity index (χ1n) is 7.83. The maximum atomic E-state index is 5.57. The van der Waals surface area contributed by atoms with Crippen LogP contribution in [0.4, 0.5) is 0 Å². The van der Waals surface area contributed by atoms with Gasteiger partial charge in [0.2, 0.25) is 0 Å². The summed E-state index contributed by atoms with van der Waals surface area (Å²) in [4.78, 5) is 8.84. The van der Waals surface area contributed by atoms with Gasteiger partial charge in [-0.15, -0.1) is 24.0 Å². The number of nitrogens with zero attached hydrogens (tertiary/aromatic N) is 2. The molecule has 1 heterocycles. The third kappa shape index (κ3) is 6.84. The Kier molecular flexibility index (Phi) is 10.0. The average Bonchev–Trinajstić information content (AvgIpc) is 2.62. The smallest absolute Gasteiger partial charge is 0.191 e. The van der Waals surface area contributed by atoms with E-state index in [4.69, 9.17) is 4.74 Å². The third-order valence-electron chi connectivity index (χ3n) is 3.38. The monoisotopic (exact) mass is 440 g/mol. The Morgan fingerprint density at radius 2 is 1.88 bits per heavy atom. The predicted octanol–water partition coefficient (Wildman–Crippen LogP) is 3.14. The Bertz CT molecular complexity index is 592. The van der Waals surface area contributed by atoms with Crippen LogP contribution in [-0.4, -0.2) is 31.1 Å². The van der Waals surface area contributed by atoms with Crippen molar-refractivity contribution >= 4 is 29.9 Å². The second-order valence-corrected chi connectivity index (χ2v) is 5.03. The van der Waals surface area contributed by atoms with Crippen LogP contribution in [0.25, 0.3) is 0 Å². The number of methoxy groups -OCH3 is 1. The SMILES string of the molecule is CCNC(=NCc1ccccn1)NCC(OC)c1ccccc1.I. The van der Waals surface area contributed by atoms with Crippen LogP contribution in [0.15, 0.2) is 59.7 Å². The second kappa shape index (κ2) is 11.8. The number of hydrogen-bond acceptors (Lipinski definition) is 3. The molecule has 1 atom stereocenters. The lowest BCUT2D eigenvalue weighted by Crippen LogP contribution is -2.39. The van der Waals surface area contributed by atoms with E-state index in [1.165, 1.54) is 0 Å². The number of hydrogen-bond donors (Lipinski definition) is 2. The fourth-order valence-corrected chi connectivity index (χ4v) is 2.19. The molecule has 0 aliphatic rings. The molecule has 5 nitrogen and oxygen atoms in total. The molecule has 130 valence electrons. The molecule has 0 saturated carbocycles. The van der Waals surface area contributed by atoms with Crippen molar-refractivity contribution in [1.29, 1.82) is 0 Å². The second-order valence-electron chi connectivity index (χ2n) is 5.03. The molecule has 0 bridgehead atoms. The number of aromatic nitrogens is 1. The minimum Gasteiger partial charge on any atom is -0.375 e. The van der Waals surface area contributed by atoms with Gasteiger partial charge in [-0.3, -0.25) is 4.98 Å². The number of guanidine groups is 1. The molecular weight excluding hydrogens is 415 g/mol. The van der Waals surface area contributed by atoms with Crippen molar-refractivity contribution in [2.24, 2.45) is 4.99 Å². The van der Waals surface area contributed by atoms with Crippen LogP contribution >= 0.6 is 24.0 Å². The van der Waals surface area contributed by atoms with Crippen LogP contribution in [0.2, 0.25) is 0 Å². The first-order valence-corrected chi connectivity index (χ1v) is 7.83. The molecule has 1 aromatic carbocycles. The molecule has 0 fully saturated rings. The van der Waals surface area contributed by atoms with Gasteiger partial charge in [-0.1, -0.05) is 36.4 Å². The van der Waals surface area contributed by atoms with Gasteiger partial charge in [0.25, 0.3) is 0 Å². The lowest BCUT2D eigenvalue weighted by Gasteiger charge is -2.18. The maximum Gasteiger partial charge on any atom is 0.191 e. The average molecular weight is 440 g/mol. The highest BCUT2D eigenvalue weighted by molar-refractivity contribution is 14.0. The summed E-state index contributed by atoms with van der Waals surface area (Å²) in [6.45, 7) is 4.04. The number of rotatable bonds is 7. The lowest BCUT2D eigenvalue weighted by atomic mass is 10.1. The van der Waals surface area contributed by atoms with Gasteiger partial charge in [-0.05, 0) is 24.6 Å². The summed E-state index contributed by atoms with van der Waals surface area (Å²) in [5.41, 5.74) is 2.08. The molecule has 0 aliphatic carbocycles. The van der Waals surface area contributed by atoms with E-state index in [-0.39, 0.29) is 30.1 Å². The topological polar surface area (TPSA) is 58.5 Å². The van der Waals surface area contributed by atoms with E-state index >= 15 is 0 Å². The van der Waals surface area contributed by atoms with Gasteiger partial charge in [0.1, 0.15) is 0 Å². The molecular formula is C18H25IN4O. The van der Waals surface area contributed by atoms with Crippen molar-refractivity contribution in [2.75, 3.05) is 20.2 Å². The number of pyridine rings is 1. The molecule has 0 aliphatic heterocycles. The summed E-state index contributed by atoms with van der Waals surface area (Å²) in [5.74, 6) is 0.760. The number of benzene rings is 1. The number of ether oxygens (including phenoxy) is 1. The quantitative estimate of drug-likeness (QED) is 0.395. The standard InChI is InChI=1S/C18H24N4O.HI/c1-3-19-18(21-13-16-11-7-8-12-20-16)22-14-17(23-2)15-9-5-4-6-10-15;/h4-12,17H,3,13-14H2,1-2H3,(H2,19,21,22);1H. The largest absolute Gasteiger partial charge is 0.375 e. The van der Waals surface area contributed by atoms with Crippen LogP contribution in [0.5, 0.6) is 0 Å². The zero-order valence-corrected chi connectivity index (χ0v) is 16.4. The van der Waals surface area contributed by atoms with Gasteiger partial charge in [-0.2, -0.15) is 0 Å². The molecule has 6 heteroatoms. The van der Waals surface area contributed by atoms with Gasteiger partial charge in [-0.25, -0.2) is 4.99 Å². The minimum absolute atomic E-state index is 0. The Balaban J connectivity index is 0.00000288. The molecule has 1 unspecified atom stereocenters. The summed E-state index contributed by atoms with van der Waals surface area (Å²) < 4.78 is 5.57. The number of halogens is 1. The molecule has 2 N–H and O–H groups in total. The van der Waals surface area contributed by atoms with Crippen LogP contribution in [0, 0.1) is 0 Å². The van der Waals surface area contributed by atoms with Gasteiger partial charge < -0.3 is 15.4 Å². The van der Waals surface area contributed by atoms with E-state index in [0.717, 1.165) is 23.8 Å². The summed E-state index contributed by atoms with van der Waals surface area (Å²) in [7, 11) is 1.72. The van der Waals surface area contributed by atoms with Crippen LogP contribution < -0.4 is 10.6 Å². The lowest BCUT2D eigenvalue weighted by molar-refractivity contribution is 0.106. The van der Waals surface area contributed by atoms with E-state index in [0.29, 0.717) is 13.1 Å². The van der Waals surface area contributed by atoms with Gasteiger partial charge in [0.15, 0.2) is 5.96 Å². The van der Waals surface area contributed by atoms with Gasteiger partial charge >= 0.3 is 0 Å². The number of aliphatic imine (C=N–C) groups is 1. The summed E-state index contributed by atoms with van der Waals surface area (Å²) in [6, 6.07) is 16.0. The van der Waals surface area contributed by atoms with Crippen LogP contribution in [-0.2, 0) is 11.3 Å². The highest BCUT2D eigenvalue weighted by Crippen LogP contribution is 2.14. The fraction of sp³-hybridized carbons (Fsp3) is 0.333. The molecule has 0 saturated heterocycles. The molecule has 0 amide bonds. The van der Waals surface area contributed by atoms with Crippen LogP contribution in [0.1, 0.15) is 24.3 Å². The van der Waals surface area contributed by atoms with Crippen molar-refractivity contribution in [3.8, 4) is 0 Å². The van der Waals surface area contributed by atoms with E-state index in [1.54, 1.807) is 13.3 Å². The molecule has 2 aromatic rings. The maximum absolute atomic E-state index is 5.57. The van der Waals surface area contributed by atoms with Crippen molar-refractivity contribution in [1.82, 2.24) is 15.6 Å². The molecule has 1 aromatic heterocycles. The Morgan fingerprint density at radius 3 is 2.50 bits per heavy atom. The summed E-state index contributed by atoms with van der Waals surface area (Å²) >= 11 is 0. The van der Waals surface area contributed by atoms with Gasteiger partial charge in [0.05, 0.1) is 18.3 Å². The third-order valence-corrected chi connectivity index (χ3v) is 3.38. The Morgan fingerprint density at radius 1 is 1.12 bits per heavy atom. The predicted molar refractivity (Wildman–Crippen MR) is 109 cm³/mol. The minimum atomic E-state index is -0.0186. The molecule has 24 heavy (non-hydrogen) atoms. The van der Waals surface area contributed by atoms with E-state index in [9.17, 15) is 0 Å². The highest BCUT2D eigenvalue weighted by Gasteiger charge is 2.10. The Hall–Kier alpha value is -1.67. The first kappa shape index (κ1) is 20.4. The van der Waals surface area contributed by atoms with E-state index in [2.05, 4.69) is 32.7 Å². The Labute approximate surface area is 161 Å². The summed E-state index contributed by atoms with van der Waals surface area (Å²) in [6.07, 6.45) is 1.76.